The molecule has 0 radical (unpaired) electrons. The lowest BCUT2D eigenvalue weighted by Crippen LogP contribution is -2.45. The van der Waals surface area contributed by atoms with Crippen LogP contribution in [0.4, 0.5) is 0 Å². The number of nitrogens with zero attached hydrogens (tertiary/aromatic N) is 1. The molecule has 346 valence electrons. The first-order chi connectivity index (χ1) is 29.0. The fourth-order valence-corrected chi connectivity index (χ4v) is 7.03. The van der Waals surface area contributed by atoms with Crippen LogP contribution in [0.1, 0.15) is 181 Å². The van der Waals surface area contributed by atoms with Gasteiger partial charge < -0.3 is 28.8 Å². The van der Waals surface area contributed by atoms with E-state index in [1.54, 1.807) is 6.08 Å². The molecular weight excluding hydrogens is 768 g/mol. The summed E-state index contributed by atoms with van der Waals surface area (Å²) >= 11 is 0. The third-order valence-electron chi connectivity index (χ3n) is 10.1. The molecule has 0 bridgehead atoms. The highest BCUT2D eigenvalue weighted by atomic mass is 31.2. The lowest BCUT2D eigenvalue weighted by Gasteiger charge is -2.29. The zero-order valence-corrected chi connectivity index (χ0v) is 40.0. The van der Waals surface area contributed by atoms with E-state index in [2.05, 4.69) is 92.1 Å². The number of hydrogen-bond acceptors (Lipinski definition) is 6. The minimum atomic E-state index is -4.60. The summed E-state index contributed by atoms with van der Waals surface area (Å²) in [5.41, 5.74) is 0. The number of unbranched alkanes of at least 4 members (excludes halogenated alkanes) is 17. The minimum Gasteiger partial charge on any atom is -0.756 e. The number of hydrogen-bond donors (Lipinski definition) is 2. The van der Waals surface area contributed by atoms with Crippen LogP contribution in [0, 0.1) is 0 Å². The molecule has 3 unspecified atom stereocenters. The van der Waals surface area contributed by atoms with Crippen molar-refractivity contribution in [2.45, 2.75) is 193 Å². The Bertz CT molecular complexity index is 1250. The maximum atomic E-state index is 12.9. The molecule has 2 N–H and O–H groups in total. The van der Waals surface area contributed by atoms with Gasteiger partial charge in [0.15, 0.2) is 0 Å². The first-order valence-electron chi connectivity index (χ1n) is 23.9. The van der Waals surface area contributed by atoms with Gasteiger partial charge in [0, 0.05) is 6.42 Å². The standard InChI is InChI=1S/C51H91N2O6P/c1-6-8-10-12-14-16-18-20-21-22-23-24-25-26-27-28-29-30-31-33-35-37-39-41-43-45-51(55)52-49(48-59-60(56,57)58-47-46-53(3,4)5)50(54)44-42-40-38-36-34-32-19-17-15-13-11-9-7-2/h8,10,14,16,20-21,23-24,26-27,34,36,42,44,49-50,54H,6-7,9,11-13,15,17-19,22,25,28-33,35,37-41,43,45-48H2,1-5H3,(H-,52,55,56,57)/b10-8-,16-14-,21-20-,24-23-,27-26-,36-34+,44-42+. The molecule has 0 saturated carbocycles. The molecule has 9 heteroatoms. The number of allylic oxidation sites excluding steroid dienone is 13. The Balaban J connectivity index is 4.34. The monoisotopic (exact) mass is 859 g/mol. The molecule has 0 rings (SSSR count). The summed E-state index contributed by atoms with van der Waals surface area (Å²) in [4.78, 5) is 25.3. The Morgan fingerprint density at radius 3 is 1.55 bits per heavy atom. The highest BCUT2D eigenvalue weighted by molar-refractivity contribution is 7.45. The van der Waals surface area contributed by atoms with Gasteiger partial charge in [0.25, 0.3) is 7.82 Å². The smallest absolute Gasteiger partial charge is 0.268 e. The number of rotatable bonds is 42. The average molecular weight is 859 g/mol. The molecule has 3 atom stereocenters. The average Bonchev–Trinajstić information content (AvgIpc) is 3.20. The van der Waals surface area contributed by atoms with E-state index in [0.29, 0.717) is 17.4 Å². The minimum absolute atomic E-state index is 0.0119. The second kappa shape index (κ2) is 42.0. The molecule has 0 aromatic rings. The Morgan fingerprint density at radius 2 is 1.03 bits per heavy atom. The maximum absolute atomic E-state index is 12.9. The number of phosphoric ester groups is 1. The second-order valence-electron chi connectivity index (χ2n) is 17.1. The van der Waals surface area contributed by atoms with E-state index in [1.165, 1.54) is 77.0 Å². The normalized spacial score (nSPS) is 15.0. The van der Waals surface area contributed by atoms with Crippen molar-refractivity contribution in [2.75, 3.05) is 40.9 Å². The molecule has 60 heavy (non-hydrogen) atoms. The number of nitrogens with one attached hydrogen (secondary N) is 1. The molecule has 0 aliphatic heterocycles. The summed E-state index contributed by atoms with van der Waals surface area (Å²) < 4.78 is 23.2. The predicted molar refractivity (Wildman–Crippen MR) is 256 cm³/mol. The molecule has 0 aliphatic rings. The van der Waals surface area contributed by atoms with Gasteiger partial charge in [0.05, 0.1) is 39.9 Å². The van der Waals surface area contributed by atoms with E-state index in [-0.39, 0.29) is 12.5 Å². The third-order valence-corrected chi connectivity index (χ3v) is 11.1. The van der Waals surface area contributed by atoms with Gasteiger partial charge in [-0.3, -0.25) is 9.36 Å². The topological polar surface area (TPSA) is 108 Å². The number of phosphoric acid groups is 1. The Kier molecular flexibility index (Phi) is 40.4. The number of likely N-dealkylation sites (N-methyl/N-ethyl adjacent to an activating group) is 1. The van der Waals surface area contributed by atoms with Crippen LogP contribution in [-0.2, 0) is 18.4 Å². The van der Waals surface area contributed by atoms with E-state index in [0.717, 1.165) is 83.5 Å². The summed E-state index contributed by atoms with van der Waals surface area (Å²) in [5, 5.41) is 13.8. The SMILES string of the molecule is CC/C=C\C/C=C\C/C=C\C/C=C\C/C=C\CCCCCCCCCCCC(=O)NC(COP(=O)([O-])OCC[N+](C)(C)C)C(O)/C=C/CC/C=C/CCCCCCCCC. The van der Waals surface area contributed by atoms with Gasteiger partial charge in [-0.05, 0) is 77.0 Å². The van der Waals surface area contributed by atoms with Crippen LogP contribution in [0.25, 0.3) is 0 Å². The number of carbonyl (C=O) groups is 1. The fourth-order valence-electron chi connectivity index (χ4n) is 6.31. The van der Waals surface area contributed by atoms with Crippen LogP contribution < -0.4 is 10.2 Å². The molecule has 0 fully saturated rings. The summed E-state index contributed by atoms with van der Waals surface area (Å²) in [6.45, 7) is 4.48. The van der Waals surface area contributed by atoms with Crippen LogP contribution in [0.15, 0.2) is 85.1 Å². The Morgan fingerprint density at radius 1 is 0.600 bits per heavy atom. The second-order valence-corrected chi connectivity index (χ2v) is 18.5. The number of carbonyl (C=O) groups excluding carboxylic acids is 1. The molecule has 0 aliphatic carbocycles. The molecular formula is C51H91N2O6P. The number of aliphatic hydroxyl groups is 1. The lowest BCUT2D eigenvalue weighted by molar-refractivity contribution is -0.870. The van der Waals surface area contributed by atoms with E-state index in [9.17, 15) is 19.4 Å². The molecule has 0 spiro atoms. The van der Waals surface area contributed by atoms with Gasteiger partial charge in [-0.1, -0.05) is 182 Å². The van der Waals surface area contributed by atoms with E-state index in [4.69, 9.17) is 9.05 Å². The predicted octanol–water partition coefficient (Wildman–Crippen LogP) is 13.1. The quantitative estimate of drug-likeness (QED) is 0.0274. The molecule has 0 aromatic carbocycles. The van der Waals surface area contributed by atoms with E-state index in [1.807, 2.05) is 27.2 Å². The van der Waals surface area contributed by atoms with E-state index < -0.39 is 26.6 Å². The maximum Gasteiger partial charge on any atom is 0.268 e. The molecule has 0 aromatic heterocycles. The van der Waals surface area contributed by atoms with Crippen molar-refractivity contribution in [3.05, 3.63) is 85.1 Å². The van der Waals surface area contributed by atoms with Crippen LogP contribution in [0.5, 0.6) is 0 Å². The zero-order chi connectivity index (χ0) is 44.3. The van der Waals surface area contributed by atoms with Crippen LogP contribution >= 0.6 is 7.82 Å². The molecule has 0 heterocycles. The molecule has 1 amide bonds. The van der Waals surface area contributed by atoms with Crippen LogP contribution in [-0.4, -0.2) is 68.5 Å². The Hall–Kier alpha value is -2.32. The van der Waals surface area contributed by atoms with Crippen molar-refractivity contribution in [1.29, 1.82) is 0 Å². The van der Waals surface area contributed by atoms with Crippen LogP contribution in [0.2, 0.25) is 0 Å². The highest BCUT2D eigenvalue weighted by Gasteiger charge is 2.23. The summed E-state index contributed by atoms with van der Waals surface area (Å²) in [6, 6.07) is -0.910. The van der Waals surface area contributed by atoms with Crippen molar-refractivity contribution >= 4 is 13.7 Å². The lowest BCUT2D eigenvalue weighted by atomic mass is 10.1. The Labute approximate surface area is 369 Å². The number of aliphatic hydroxyl groups excluding tert-OH is 1. The third kappa shape index (κ3) is 43.8. The van der Waals surface area contributed by atoms with Gasteiger partial charge in [-0.2, -0.15) is 0 Å². The van der Waals surface area contributed by atoms with Crippen molar-refractivity contribution in [3.63, 3.8) is 0 Å². The summed E-state index contributed by atoms with van der Waals surface area (Å²) in [5.74, 6) is -0.219. The first-order valence-corrected chi connectivity index (χ1v) is 25.4. The zero-order valence-electron chi connectivity index (χ0n) is 39.1. The highest BCUT2D eigenvalue weighted by Crippen LogP contribution is 2.38. The van der Waals surface area contributed by atoms with Crippen molar-refractivity contribution in [1.82, 2.24) is 5.32 Å². The van der Waals surface area contributed by atoms with Gasteiger partial charge >= 0.3 is 0 Å². The molecule has 0 saturated heterocycles. The molecule has 8 nitrogen and oxygen atoms in total. The van der Waals surface area contributed by atoms with Crippen molar-refractivity contribution < 1.29 is 32.9 Å². The largest absolute Gasteiger partial charge is 0.756 e. The van der Waals surface area contributed by atoms with Gasteiger partial charge in [0.2, 0.25) is 5.91 Å². The number of amides is 1. The fraction of sp³-hybridized carbons (Fsp3) is 0.706. The van der Waals surface area contributed by atoms with Crippen molar-refractivity contribution in [3.8, 4) is 0 Å². The van der Waals surface area contributed by atoms with E-state index >= 15 is 0 Å². The van der Waals surface area contributed by atoms with Crippen LogP contribution in [0.3, 0.4) is 0 Å². The van der Waals surface area contributed by atoms with Gasteiger partial charge in [0.1, 0.15) is 13.2 Å². The van der Waals surface area contributed by atoms with Gasteiger partial charge in [-0.25, -0.2) is 0 Å². The van der Waals surface area contributed by atoms with Gasteiger partial charge in [-0.15, -0.1) is 0 Å². The summed E-state index contributed by atoms with van der Waals surface area (Å²) in [6.07, 6.45) is 57.8. The number of quaternary nitrogens is 1. The van der Waals surface area contributed by atoms with Crippen molar-refractivity contribution in [2.24, 2.45) is 0 Å². The first kappa shape index (κ1) is 57.7. The summed E-state index contributed by atoms with van der Waals surface area (Å²) in [7, 11) is 1.22.